The Bertz CT molecular complexity index is 709. The number of para-hydroxylation sites is 1. The summed E-state index contributed by atoms with van der Waals surface area (Å²) >= 11 is 0. The van der Waals surface area contributed by atoms with Crippen LogP contribution in [0.2, 0.25) is 0 Å². The number of H-pyrrole nitrogens is 1. The first-order valence-corrected chi connectivity index (χ1v) is 7.17. The molecule has 0 atom stereocenters. The summed E-state index contributed by atoms with van der Waals surface area (Å²) in [6.07, 6.45) is 5.96. The van der Waals surface area contributed by atoms with Crippen molar-refractivity contribution in [1.82, 2.24) is 4.98 Å². The second kappa shape index (κ2) is 5.45. The predicted molar refractivity (Wildman–Crippen MR) is 80.9 cm³/mol. The van der Waals surface area contributed by atoms with Gasteiger partial charge in [0.2, 0.25) is 0 Å². The van der Waals surface area contributed by atoms with E-state index in [2.05, 4.69) is 24.0 Å². The Morgan fingerprint density at radius 3 is 2.80 bits per heavy atom. The van der Waals surface area contributed by atoms with Crippen LogP contribution < -0.4 is 0 Å². The van der Waals surface area contributed by atoms with E-state index in [4.69, 9.17) is 4.42 Å². The van der Waals surface area contributed by atoms with E-state index in [0.717, 1.165) is 35.1 Å². The number of hydrogen-bond donors (Lipinski definition) is 2. The van der Waals surface area contributed by atoms with E-state index in [9.17, 15) is 5.11 Å². The summed E-state index contributed by atoms with van der Waals surface area (Å²) in [4.78, 5) is 3.49. The number of furan rings is 1. The normalized spacial score (nSPS) is 11.2. The zero-order valence-electron chi connectivity index (χ0n) is 11.6. The van der Waals surface area contributed by atoms with Gasteiger partial charge in [-0.3, -0.25) is 0 Å². The van der Waals surface area contributed by atoms with E-state index in [1.807, 2.05) is 12.1 Å². The predicted octanol–water partition coefficient (Wildman–Crippen LogP) is 4.87. The van der Waals surface area contributed by atoms with Crippen LogP contribution in [0.25, 0.3) is 22.2 Å². The first-order valence-electron chi connectivity index (χ1n) is 7.17. The molecule has 0 radical (unpaired) electrons. The van der Waals surface area contributed by atoms with Gasteiger partial charge in [0.25, 0.3) is 0 Å². The van der Waals surface area contributed by atoms with E-state index in [-0.39, 0.29) is 5.75 Å². The fourth-order valence-corrected chi connectivity index (χ4v) is 2.68. The lowest BCUT2D eigenvalue weighted by Gasteiger charge is -2.01. The molecule has 0 amide bonds. The van der Waals surface area contributed by atoms with Gasteiger partial charge in [-0.25, -0.2) is 0 Å². The second-order valence-corrected chi connectivity index (χ2v) is 5.15. The summed E-state index contributed by atoms with van der Waals surface area (Å²) in [6, 6.07) is 9.89. The molecule has 0 aliphatic heterocycles. The standard InChI is InChI=1S/C17H19NO2/c1-2-3-4-9-15-17(16-10-12(19)11-20-16)13-7-5-6-8-14(13)18-15/h5-8,10-11,18-19H,2-4,9H2,1H3. The van der Waals surface area contributed by atoms with Crippen molar-refractivity contribution in [3.8, 4) is 17.1 Å². The van der Waals surface area contributed by atoms with Gasteiger partial charge in [0.15, 0.2) is 5.75 Å². The third-order valence-electron chi connectivity index (χ3n) is 3.65. The average Bonchev–Trinajstić information content (AvgIpc) is 3.02. The molecule has 0 bridgehead atoms. The Morgan fingerprint density at radius 1 is 1.20 bits per heavy atom. The number of aromatic amines is 1. The smallest absolute Gasteiger partial charge is 0.154 e. The van der Waals surface area contributed by atoms with E-state index in [1.54, 1.807) is 6.07 Å². The van der Waals surface area contributed by atoms with Crippen LogP contribution >= 0.6 is 0 Å². The van der Waals surface area contributed by atoms with E-state index in [1.165, 1.54) is 24.8 Å². The molecule has 3 nitrogen and oxygen atoms in total. The highest BCUT2D eigenvalue weighted by Crippen LogP contribution is 2.35. The Morgan fingerprint density at radius 2 is 2.05 bits per heavy atom. The van der Waals surface area contributed by atoms with Crippen LogP contribution in [0, 0.1) is 0 Å². The first kappa shape index (κ1) is 12.9. The number of aromatic hydroxyl groups is 1. The topological polar surface area (TPSA) is 49.2 Å². The van der Waals surface area contributed by atoms with Crippen molar-refractivity contribution in [3.05, 3.63) is 42.3 Å². The van der Waals surface area contributed by atoms with Crippen LogP contribution in [-0.2, 0) is 6.42 Å². The highest BCUT2D eigenvalue weighted by atomic mass is 16.4. The van der Waals surface area contributed by atoms with Crippen molar-refractivity contribution in [1.29, 1.82) is 0 Å². The van der Waals surface area contributed by atoms with Crippen LogP contribution in [0.5, 0.6) is 5.75 Å². The van der Waals surface area contributed by atoms with Gasteiger partial charge in [-0.2, -0.15) is 0 Å². The van der Waals surface area contributed by atoms with Gasteiger partial charge in [-0.05, 0) is 18.9 Å². The Hall–Kier alpha value is -2.16. The minimum Gasteiger partial charge on any atom is -0.505 e. The summed E-state index contributed by atoms with van der Waals surface area (Å²) in [5.74, 6) is 0.899. The quantitative estimate of drug-likeness (QED) is 0.649. The molecular formula is C17H19NO2. The van der Waals surface area contributed by atoms with Crippen molar-refractivity contribution in [3.63, 3.8) is 0 Å². The van der Waals surface area contributed by atoms with Crippen LogP contribution in [0.3, 0.4) is 0 Å². The lowest BCUT2D eigenvalue weighted by molar-refractivity contribution is 0.459. The molecule has 0 saturated carbocycles. The second-order valence-electron chi connectivity index (χ2n) is 5.15. The summed E-state index contributed by atoms with van der Waals surface area (Å²) in [7, 11) is 0. The van der Waals surface area contributed by atoms with Crippen molar-refractivity contribution in [2.24, 2.45) is 0 Å². The third-order valence-corrected chi connectivity index (χ3v) is 3.65. The third kappa shape index (κ3) is 2.31. The number of aryl methyl sites for hydroxylation is 1. The SMILES string of the molecule is CCCCCc1[nH]c2ccccc2c1-c1cc(O)co1. The fourth-order valence-electron chi connectivity index (χ4n) is 2.68. The molecule has 3 rings (SSSR count). The maximum absolute atomic E-state index is 9.53. The van der Waals surface area contributed by atoms with Gasteiger partial charge in [0.1, 0.15) is 12.0 Å². The maximum Gasteiger partial charge on any atom is 0.154 e. The number of aromatic nitrogens is 1. The highest BCUT2D eigenvalue weighted by Gasteiger charge is 2.16. The maximum atomic E-state index is 9.53. The number of unbranched alkanes of at least 4 members (excludes halogenated alkanes) is 2. The molecule has 0 unspecified atom stereocenters. The molecule has 0 aliphatic rings. The van der Waals surface area contributed by atoms with E-state index >= 15 is 0 Å². The highest BCUT2D eigenvalue weighted by molar-refractivity contribution is 5.96. The van der Waals surface area contributed by atoms with Crippen molar-refractivity contribution in [2.75, 3.05) is 0 Å². The molecule has 2 aromatic heterocycles. The van der Waals surface area contributed by atoms with Crippen LogP contribution in [0.1, 0.15) is 31.9 Å². The fraction of sp³-hybridized carbons (Fsp3) is 0.294. The molecule has 0 fully saturated rings. The van der Waals surface area contributed by atoms with Gasteiger partial charge < -0.3 is 14.5 Å². The lowest BCUT2D eigenvalue weighted by atomic mass is 10.0. The number of rotatable bonds is 5. The minimum atomic E-state index is 0.171. The molecule has 20 heavy (non-hydrogen) atoms. The summed E-state index contributed by atoms with van der Waals surface area (Å²) < 4.78 is 5.49. The number of benzene rings is 1. The van der Waals surface area contributed by atoms with Crippen LogP contribution in [-0.4, -0.2) is 10.1 Å². The molecule has 3 aromatic rings. The van der Waals surface area contributed by atoms with Crippen LogP contribution in [0.15, 0.2) is 41.0 Å². The zero-order valence-corrected chi connectivity index (χ0v) is 11.6. The molecule has 0 spiro atoms. The molecular weight excluding hydrogens is 250 g/mol. The molecule has 2 N–H and O–H groups in total. The van der Waals surface area contributed by atoms with Crippen molar-refractivity contribution < 1.29 is 9.52 Å². The Kier molecular flexibility index (Phi) is 3.50. The number of hydrogen-bond acceptors (Lipinski definition) is 2. The number of nitrogens with one attached hydrogen (secondary N) is 1. The lowest BCUT2D eigenvalue weighted by Crippen LogP contribution is -1.88. The molecule has 2 heterocycles. The molecule has 3 heteroatoms. The van der Waals surface area contributed by atoms with Crippen LogP contribution in [0.4, 0.5) is 0 Å². The summed E-state index contributed by atoms with van der Waals surface area (Å²) in [5.41, 5.74) is 3.39. The zero-order chi connectivity index (χ0) is 13.9. The summed E-state index contributed by atoms with van der Waals surface area (Å²) in [5, 5.41) is 10.7. The monoisotopic (exact) mass is 269 g/mol. The molecule has 104 valence electrons. The van der Waals surface area contributed by atoms with Crippen molar-refractivity contribution >= 4 is 10.9 Å². The Labute approximate surface area is 118 Å². The number of fused-ring (bicyclic) bond motifs is 1. The largest absolute Gasteiger partial charge is 0.505 e. The van der Waals surface area contributed by atoms with E-state index in [0.29, 0.717) is 0 Å². The summed E-state index contributed by atoms with van der Waals surface area (Å²) in [6.45, 7) is 2.21. The van der Waals surface area contributed by atoms with Gasteiger partial charge in [-0.1, -0.05) is 38.0 Å². The van der Waals surface area contributed by atoms with Crippen molar-refractivity contribution in [2.45, 2.75) is 32.6 Å². The molecule has 0 aliphatic carbocycles. The minimum absolute atomic E-state index is 0.171. The Balaban J connectivity index is 2.08. The molecule has 0 saturated heterocycles. The van der Waals surface area contributed by atoms with Gasteiger partial charge >= 0.3 is 0 Å². The van der Waals surface area contributed by atoms with Gasteiger partial charge in [0, 0.05) is 28.2 Å². The van der Waals surface area contributed by atoms with Gasteiger partial charge in [-0.15, -0.1) is 0 Å². The van der Waals surface area contributed by atoms with Gasteiger partial charge in [0.05, 0.1) is 0 Å². The van der Waals surface area contributed by atoms with E-state index < -0.39 is 0 Å². The molecule has 1 aromatic carbocycles. The first-order chi connectivity index (χ1) is 9.79. The average molecular weight is 269 g/mol.